The number of halogens is 2. The number of aromatic nitrogens is 1. The number of nitrogens with zero attached hydrogens (tertiary/aromatic N) is 1. The summed E-state index contributed by atoms with van der Waals surface area (Å²) in [6.45, 7) is 0. The highest BCUT2D eigenvalue weighted by Gasteiger charge is 2.06. The molecular weight excluding hydrogens is 239 g/mol. The molecule has 2 nitrogen and oxygen atoms in total. The van der Waals surface area contributed by atoms with Gasteiger partial charge in [-0.1, -0.05) is 18.0 Å². The van der Waals surface area contributed by atoms with Gasteiger partial charge >= 0.3 is 0 Å². The lowest BCUT2D eigenvalue weighted by Crippen LogP contribution is -1.92. The van der Waals surface area contributed by atoms with Crippen LogP contribution in [-0.4, -0.2) is 4.98 Å². The van der Waals surface area contributed by atoms with E-state index in [4.69, 9.17) is 18.0 Å². The van der Waals surface area contributed by atoms with Gasteiger partial charge in [0.15, 0.2) is 0 Å². The number of anilines is 1. The zero-order chi connectivity index (χ0) is 12.3. The standard InChI is InChI=1S/C8H5ClFN.C5H3N/c1-2-11-8-4-3-6(9)5-7(8)10;1-2-5-4(1)3-6-5/h1,3-5,11H;1-3H. The molecule has 3 rings (SSSR count). The maximum atomic E-state index is 12.8. The summed E-state index contributed by atoms with van der Waals surface area (Å²) in [5, 5.41) is 2.75. The van der Waals surface area contributed by atoms with E-state index in [1.807, 2.05) is 12.3 Å². The summed E-state index contributed by atoms with van der Waals surface area (Å²) in [5.74, 6) is -0.449. The maximum absolute atomic E-state index is 12.8. The first-order chi connectivity index (χ1) is 8.20. The third kappa shape index (κ3) is 2.55. The van der Waals surface area contributed by atoms with E-state index in [1.54, 1.807) is 6.07 Å². The fraction of sp³-hybridized carbons (Fsp3) is 0. The van der Waals surface area contributed by atoms with E-state index in [0.717, 1.165) is 0 Å². The van der Waals surface area contributed by atoms with Crippen molar-refractivity contribution in [3.05, 3.63) is 47.4 Å². The second kappa shape index (κ2) is 4.86. The van der Waals surface area contributed by atoms with Crippen LogP contribution < -0.4 is 5.32 Å². The van der Waals surface area contributed by atoms with Crippen LogP contribution in [0.25, 0.3) is 11.3 Å². The number of hydrogen-bond acceptors (Lipinski definition) is 2. The molecule has 1 aromatic carbocycles. The van der Waals surface area contributed by atoms with Crippen LogP contribution in [-0.2, 0) is 0 Å². The summed E-state index contributed by atoms with van der Waals surface area (Å²) in [7, 11) is 0. The van der Waals surface area contributed by atoms with Gasteiger partial charge in [0, 0.05) is 22.8 Å². The van der Waals surface area contributed by atoms with Gasteiger partial charge in [0.05, 0.1) is 11.4 Å². The van der Waals surface area contributed by atoms with Crippen LogP contribution in [0, 0.1) is 18.3 Å². The van der Waals surface area contributed by atoms with Crippen LogP contribution in [0.4, 0.5) is 10.1 Å². The summed E-state index contributed by atoms with van der Waals surface area (Å²) < 4.78 is 12.8. The van der Waals surface area contributed by atoms with Crippen LogP contribution in [0.3, 0.4) is 0 Å². The summed E-state index contributed by atoms with van der Waals surface area (Å²) in [5.41, 5.74) is 2.75. The van der Waals surface area contributed by atoms with Crippen molar-refractivity contribution in [3.8, 4) is 23.7 Å². The predicted molar refractivity (Wildman–Crippen MR) is 67.1 cm³/mol. The molecule has 1 aromatic rings. The molecule has 4 heteroatoms. The Labute approximate surface area is 103 Å². The van der Waals surface area contributed by atoms with Crippen molar-refractivity contribution < 1.29 is 4.39 Å². The predicted octanol–water partition coefficient (Wildman–Crippen LogP) is 3.54. The summed E-state index contributed by atoms with van der Waals surface area (Å²) >= 11 is 5.50. The van der Waals surface area contributed by atoms with Gasteiger partial charge in [-0.3, -0.25) is 4.98 Å². The van der Waals surface area contributed by atoms with Crippen molar-refractivity contribution in [1.82, 2.24) is 4.98 Å². The third-order valence-corrected chi connectivity index (χ3v) is 2.43. The minimum absolute atomic E-state index is 0.261. The molecule has 0 aromatic heterocycles. The second-order valence-corrected chi connectivity index (χ2v) is 3.76. The Kier molecular flexibility index (Phi) is 3.27. The largest absolute Gasteiger partial charge is 0.312 e. The zero-order valence-corrected chi connectivity index (χ0v) is 9.50. The molecule has 1 aliphatic carbocycles. The van der Waals surface area contributed by atoms with Gasteiger partial charge < -0.3 is 5.32 Å². The fourth-order valence-electron chi connectivity index (χ4n) is 1.22. The highest BCUT2D eigenvalue weighted by molar-refractivity contribution is 6.30. The average Bonchev–Trinajstić information content (AvgIpc) is 2.28. The van der Waals surface area contributed by atoms with Crippen molar-refractivity contribution in [3.63, 3.8) is 0 Å². The molecular formula is C13H8ClFN2. The third-order valence-electron chi connectivity index (χ3n) is 2.20. The first kappa shape index (κ1) is 11.4. The van der Waals surface area contributed by atoms with E-state index in [0.29, 0.717) is 5.02 Å². The molecule has 17 heavy (non-hydrogen) atoms. The maximum Gasteiger partial charge on any atom is 0.148 e. The van der Waals surface area contributed by atoms with Crippen LogP contribution in [0.1, 0.15) is 0 Å². The van der Waals surface area contributed by atoms with Crippen LogP contribution in [0.5, 0.6) is 0 Å². The second-order valence-electron chi connectivity index (χ2n) is 3.33. The molecule has 0 spiro atoms. The average molecular weight is 247 g/mol. The van der Waals surface area contributed by atoms with Crippen molar-refractivity contribution in [2.45, 2.75) is 0 Å². The van der Waals surface area contributed by atoms with Crippen LogP contribution >= 0.6 is 11.6 Å². The van der Waals surface area contributed by atoms with E-state index < -0.39 is 5.82 Å². The molecule has 1 N–H and O–H groups in total. The van der Waals surface area contributed by atoms with E-state index >= 15 is 0 Å². The van der Waals surface area contributed by atoms with Crippen molar-refractivity contribution in [1.29, 1.82) is 0 Å². The van der Waals surface area contributed by atoms with Gasteiger partial charge in [-0.25, -0.2) is 4.39 Å². The van der Waals surface area contributed by atoms with Gasteiger partial charge in [-0.2, -0.15) is 0 Å². The topological polar surface area (TPSA) is 24.9 Å². The van der Waals surface area contributed by atoms with Crippen LogP contribution in [0.15, 0.2) is 36.5 Å². The van der Waals surface area contributed by atoms with E-state index in [9.17, 15) is 4.39 Å². The quantitative estimate of drug-likeness (QED) is 0.525. The van der Waals surface area contributed by atoms with E-state index in [2.05, 4.69) is 22.4 Å². The molecule has 2 aliphatic rings. The van der Waals surface area contributed by atoms with Gasteiger partial charge in [0.25, 0.3) is 0 Å². The molecule has 84 valence electrons. The molecule has 0 saturated carbocycles. The molecule has 1 aliphatic heterocycles. The number of terminal acetylenes is 1. The van der Waals surface area contributed by atoms with Gasteiger partial charge in [-0.05, 0) is 30.3 Å². The number of hydrogen-bond donors (Lipinski definition) is 1. The minimum Gasteiger partial charge on any atom is -0.312 e. The zero-order valence-electron chi connectivity index (χ0n) is 8.74. The number of nitrogens with one attached hydrogen (secondary N) is 1. The molecule has 0 saturated heterocycles. The highest BCUT2D eigenvalue weighted by atomic mass is 35.5. The Bertz CT molecular complexity index is 552. The molecule has 1 heterocycles. The Morgan fingerprint density at radius 3 is 2.41 bits per heavy atom. The molecule has 0 unspecified atom stereocenters. The molecule has 0 fully saturated rings. The van der Waals surface area contributed by atoms with Gasteiger partial charge in [0.2, 0.25) is 0 Å². The molecule has 0 radical (unpaired) electrons. The molecule has 0 amide bonds. The Balaban J connectivity index is 0.000000148. The van der Waals surface area contributed by atoms with Crippen LogP contribution in [0.2, 0.25) is 5.02 Å². The van der Waals surface area contributed by atoms with E-state index in [-0.39, 0.29) is 5.69 Å². The number of rotatable bonds is 1. The van der Waals surface area contributed by atoms with Crippen molar-refractivity contribution >= 4 is 17.3 Å². The van der Waals surface area contributed by atoms with Crippen molar-refractivity contribution in [2.75, 3.05) is 5.32 Å². The summed E-state index contributed by atoms with van der Waals surface area (Å²) in [6, 6.07) is 10.4. The Hall–Kier alpha value is -2.05. The SMILES string of the molecule is C#CNc1ccc(Cl)cc1F.c1cc2ncc1-2. The highest BCUT2D eigenvalue weighted by Crippen LogP contribution is 2.25. The van der Waals surface area contributed by atoms with Crippen molar-refractivity contribution in [2.24, 2.45) is 0 Å². The lowest BCUT2D eigenvalue weighted by molar-refractivity contribution is 0.632. The number of benzene rings is 1. The Morgan fingerprint density at radius 1 is 1.29 bits per heavy atom. The molecule has 0 bridgehead atoms. The monoisotopic (exact) mass is 246 g/mol. The molecule has 0 atom stereocenters. The minimum atomic E-state index is -0.449. The lowest BCUT2D eigenvalue weighted by atomic mass is 10.1. The summed E-state index contributed by atoms with van der Waals surface area (Å²) in [6.07, 6.45) is 6.78. The van der Waals surface area contributed by atoms with Gasteiger partial charge in [-0.15, -0.1) is 0 Å². The van der Waals surface area contributed by atoms with Gasteiger partial charge in [0.1, 0.15) is 5.82 Å². The first-order valence-electron chi connectivity index (χ1n) is 4.84. The first-order valence-corrected chi connectivity index (χ1v) is 5.21. The summed E-state index contributed by atoms with van der Waals surface area (Å²) in [4.78, 5) is 3.91. The number of pyridine rings is 1. The van der Waals surface area contributed by atoms with E-state index in [1.165, 1.54) is 23.4 Å². The smallest absolute Gasteiger partial charge is 0.148 e. The number of fused-ring (bicyclic) bond motifs is 1. The normalized spacial score (nSPS) is 9.71. The lowest BCUT2D eigenvalue weighted by Gasteiger charge is -2.08. The fourth-order valence-corrected chi connectivity index (χ4v) is 1.38. The Morgan fingerprint density at radius 2 is 2.06 bits per heavy atom.